The summed E-state index contributed by atoms with van der Waals surface area (Å²) < 4.78 is 0. The molecule has 0 radical (unpaired) electrons. The summed E-state index contributed by atoms with van der Waals surface area (Å²) in [6, 6.07) is 4.91. The van der Waals surface area contributed by atoms with Gasteiger partial charge in [0.05, 0.1) is 0 Å². The first-order valence-corrected chi connectivity index (χ1v) is 4.77. The second kappa shape index (κ2) is 3.04. The molecule has 0 amide bonds. The van der Waals surface area contributed by atoms with Gasteiger partial charge in [0.25, 0.3) is 0 Å². The van der Waals surface area contributed by atoms with E-state index in [1.807, 2.05) is 0 Å². The molecule has 1 aliphatic rings. The molecule has 1 unspecified atom stereocenters. The predicted molar refractivity (Wildman–Crippen MR) is 56.1 cm³/mol. The molecular formula is C11H16N2. The monoisotopic (exact) mass is 176 g/mol. The molecule has 3 N–H and O–H groups in total. The largest absolute Gasteiger partial charge is 0.380 e. The van der Waals surface area contributed by atoms with E-state index < -0.39 is 0 Å². The second-order valence-corrected chi connectivity index (χ2v) is 3.90. The molecule has 0 spiro atoms. The summed E-state index contributed by atoms with van der Waals surface area (Å²) in [5.74, 6) is 0. The molecular weight excluding hydrogens is 160 g/mol. The maximum absolute atomic E-state index is 5.64. The molecule has 1 atom stereocenters. The lowest BCUT2D eigenvalue weighted by Crippen LogP contribution is -2.25. The van der Waals surface area contributed by atoms with E-state index in [0.717, 1.165) is 6.42 Å². The number of rotatable bonds is 1. The molecule has 13 heavy (non-hydrogen) atoms. The van der Waals surface area contributed by atoms with Gasteiger partial charge in [0, 0.05) is 18.3 Å². The molecule has 70 valence electrons. The van der Waals surface area contributed by atoms with Crippen molar-refractivity contribution in [2.75, 3.05) is 11.9 Å². The predicted octanol–water partition coefficient (Wildman–Crippen LogP) is 1.60. The van der Waals surface area contributed by atoms with E-state index in [9.17, 15) is 0 Å². The fourth-order valence-electron chi connectivity index (χ4n) is 2.09. The van der Waals surface area contributed by atoms with Gasteiger partial charge in [-0.05, 0) is 31.4 Å². The zero-order valence-electron chi connectivity index (χ0n) is 8.22. The van der Waals surface area contributed by atoms with Crippen LogP contribution in [0.5, 0.6) is 0 Å². The van der Waals surface area contributed by atoms with Gasteiger partial charge in [-0.2, -0.15) is 0 Å². The fraction of sp³-hybridized carbons (Fsp3) is 0.455. The maximum Gasteiger partial charge on any atom is 0.0425 e. The Morgan fingerprint density at radius 1 is 1.46 bits per heavy atom. The van der Waals surface area contributed by atoms with Crippen molar-refractivity contribution in [1.29, 1.82) is 0 Å². The molecule has 0 saturated heterocycles. The normalized spacial score (nSPS) is 19.8. The highest BCUT2D eigenvalue weighted by molar-refractivity contribution is 5.63. The summed E-state index contributed by atoms with van der Waals surface area (Å²) in [6.07, 6.45) is 1.08. The molecule has 0 aliphatic carbocycles. The summed E-state index contributed by atoms with van der Waals surface area (Å²) in [7, 11) is 0. The Labute approximate surface area is 79.1 Å². The lowest BCUT2D eigenvalue weighted by atomic mass is 10.0. The van der Waals surface area contributed by atoms with Crippen LogP contribution in [0.2, 0.25) is 0 Å². The third-order valence-corrected chi connectivity index (χ3v) is 2.66. The summed E-state index contributed by atoms with van der Waals surface area (Å²) >= 11 is 0. The van der Waals surface area contributed by atoms with Crippen LogP contribution in [0.3, 0.4) is 0 Å². The van der Waals surface area contributed by atoms with Gasteiger partial charge in [-0.3, -0.25) is 0 Å². The smallest absolute Gasteiger partial charge is 0.0425 e. The Hall–Kier alpha value is -1.02. The number of fused-ring (bicyclic) bond motifs is 1. The van der Waals surface area contributed by atoms with E-state index in [-0.39, 0.29) is 0 Å². The highest BCUT2D eigenvalue weighted by Crippen LogP contribution is 2.29. The van der Waals surface area contributed by atoms with Gasteiger partial charge in [0.1, 0.15) is 0 Å². The Morgan fingerprint density at radius 2 is 2.23 bits per heavy atom. The molecule has 1 heterocycles. The van der Waals surface area contributed by atoms with Crippen LogP contribution in [0.4, 0.5) is 5.69 Å². The number of hydrogen-bond acceptors (Lipinski definition) is 2. The minimum absolute atomic E-state index is 0.440. The highest BCUT2D eigenvalue weighted by atomic mass is 15.0. The van der Waals surface area contributed by atoms with E-state index in [0.29, 0.717) is 12.6 Å². The van der Waals surface area contributed by atoms with Gasteiger partial charge >= 0.3 is 0 Å². The number of hydrogen-bond donors (Lipinski definition) is 2. The first kappa shape index (κ1) is 8.57. The van der Waals surface area contributed by atoms with E-state index in [1.165, 1.54) is 22.4 Å². The zero-order chi connectivity index (χ0) is 9.42. The lowest BCUT2D eigenvalue weighted by molar-refractivity contribution is 0.760. The van der Waals surface area contributed by atoms with Crippen molar-refractivity contribution < 1.29 is 0 Å². The van der Waals surface area contributed by atoms with Gasteiger partial charge in [0.15, 0.2) is 0 Å². The molecule has 0 aromatic heterocycles. The third kappa shape index (κ3) is 1.42. The molecule has 1 aromatic rings. The van der Waals surface area contributed by atoms with E-state index >= 15 is 0 Å². The summed E-state index contributed by atoms with van der Waals surface area (Å²) in [5.41, 5.74) is 11.1. The van der Waals surface area contributed by atoms with Crippen LogP contribution in [0.15, 0.2) is 12.1 Å². The van der Waals surface area contributed by atoms with Crippen molar-refractivity contribution in [1.82, 2.24) is 0 Å². The standard InChI is InChI=1S/C11H16N2/c1-7-3-8(2)11-9(4-7)5-10(6-12)13-11/h3-4,10,13H,5-6,12H2,1-2H3. The second-order valence-electron chi connectivity index (χ2n) is 3.90. The maximum atomic E-state index is 5.64. The van der Waals surface area contributed by atoms with Crippen LogP contribution >= 0.6 is 0 Å². The minimum atomic E-state index is 0.440. The van der Waals surface area contributed by atoms with E-state index in [2.05, 4.69) is 31.3 Å². The average Bonchev–Trinajstić information content (AvgIpc) is 2.47. The number of benzene rings is 1. The fourth-order valence-corrected chi connectivity index (χ4v) is 2.09. The summed E-state index contributed by atoms with van der Waals surface area (Å²) in [6.45, 7) is 5.01. The van der Waals surface area contributed by atoms with Gasteiger partial charge < -0.3 is 11.1 Å². The van der Waals surface area contributed by atoms with Crippen molar-refractivity contribution >= 4 is 5.69 Å². The van der Waals surface area contributed by atoms with Crippen LogP contribution in [0, 0.1) is 13.8 Å². The lowest BCUT2D eigenvalue weighted by Gasteiger charge is -2.08. The van der Waals surface area contributed by atoms with Crippen LogP contribution in [-0.2, 0) is 6.42 Å². The Morgan fingerprint density at radius 3 is 2.92 bits per heavy atom. The van der Waals surface area contributed by atoms with Crippen LogP contribution in [0.25, 0.3) is 0 Å². The molecule has 1 aliphatic heterocycles. The number of anilines is 1. The van der Waals surface area contributed by atoms with E-state index in [4.69, 9.17) is 5.73 Å². The van der Waals surface area contributed by atoms with Gasteiger partial charge in [0.2, 0.25) is 0 Å². The van der Waals surface area contributed by atoms with Crippen LogP contribution in [0.1, 0.15) is 16.7 Å². The SMILES string of the molecule is Cc1cc(C)c2c(c1)CC(CN)N2. The van der Waals surface area contributed by atoms with Crippen molar-refractivity contribution in [2.45, 2.75) is 26.3 Å². The number of nitrogens with one attached hydrogen (secondary N) is 1. The molecule has 0 saturated carbocycles. The molecule has 1 aromatic carbocycles. The van der Waals surface area contributed by atoms with Crippen molar-refractivity contribution in [2.24, 2.45) is 5.73 Å². The Balaban J connectivity index is 2.40. The highest BCUT2D eigenvalue weighted by Gasteiger charge is 2.20. The topological polar surface area (TPSA) is 38.0 Å². The number of nitrogens with two attached hydrogens (primary N) is 1. The third-order valence-electron chi connectivity index (χ3n) is 2.66. The Bertz CT molecular complexity index is 331. The van der Waals surface area contributed by atoms with E-state index in [1.54, 1.807) is 0 Å². The molecule has 2 rings (SSSR count). The number of aryl methyl sites for hydroxylation is 2. The van der Waals surface area contributed by atoms with Gasteiger partial charge in [-0.1, -0.05) is 17.7 Å². The summed E-state index contributed by atoms with van der Waals surface area (Å²) in [5, 5.41) is 3.45. The molecule has 0 bridgehead atoms. The quantitative estimate of drug-likeness (QED) is 0.682. The molecule has 2 nitrogen and oxygen atoms in total. The molecule has 2 heteroatoms. The van der Waals surface area contributed by atoms with Crippen LogP contribution < -0.4 is 11.1 Å². The first-order chi connectivity index (χ1) is 6.20. The average molecular weight is 176 g/mol. The van der Waals surface area contributed by atoms with Crippen LogP contribution in [-0.4, -0.2) is 12.6 Å². The molecule has 0 fully saturated rings. The summed E-state index contributed by atoms with van der Waals surface area (Å²) in [4.78, 5) is 0. The van der Waals surface area contributed by atoms with Crippen molar-refractivity contribution in [3.8, 4) is 0 Å². The van der Waals surface area contributed by atoms with Crippen molar-refractivity contribution in [3.05, 3.63) is 28.8 Å². The van der Waals surface area contributed by atoms with Crippen molar-refractivity contribution in [3.63, 3.8) is 0 Å². The Kier molecular flexibility index (Phi) is 2.00. The minimum Gasteiger partial charge on any atom is -0.380 e. The zero-order valence-corrected chi connectivity index (χ0v) is 8.22. The first-order valence-electron chi connectivity index (χ1n) is 4.77. The van der Waals surface area contributed by atoms with Gasteiger partial charge in [-0.15, -0.1) is 0 Å². The van der Waals surface area contributed by atoms with Gasteiger partial charge in [-0.25, -0.2) is 0 Å².